The molecule has 1 aliphatic rings. The molecule has 0 radical (unpaired) electrons. The van der Waals surface area contributed by atoms with Gasteiger partial charge in [-0.3, -0.25) is 9.59 Å². The predicted octanol–water partition coefficient (Wildman–Crippen LogP) is 1.04. The van der Waals surface area contributed by atoms with Crippen LogP contribution in [0.15, 0.2) is 34.6 Å². The third-order valence-corrected chi connectivity index (χ3v) is 4.11. The molecule has 116 valence electrons. The van der Waals surface area contributed by atoms with Gasteiger partial charge in [-0.1, -0.05) is 23.5 Å². The normalized spacial score (nSPS) is 18.4. The highest BCUT2D eigenvalue weighted by Crippen LogP contribution is 2.22. The Balaban J connectivity index is 1.67. The highest BCUT2D eigenvalue weighted by Gasteiger charge is 2.25. The molecule has 1 amide bonds. The molecule has 0 bridgehead atoms. The van der Waals surface area contributed by atoms with Gasteiger partial charge in [-0.05, 0) is 17.7 Å². The Hall–Kier alpha value is -2.06. The number of morpholine rings is 1. The average Bonchev–Trinajstić information content (AvgIpc) is 2.93. The van der Waals surface area contributed by atoms with E-state index in [9.17, 15) is 14.0 Å². The molecule has 1 aromatic heterocycles. The van der Waals surface area contributed by atoms with Crippen LogP contribution in [-0.2, 0) is 16.1 Å². The lowest BCUT2D eigenvalue weighted by Gasteiger charge is -2.33. The summed E-state index contributed by atoms with van der Waals surface area (Å²) in [7, 11) is 0. The topological polar surface area (TPSA) is 64.4 Å². The van der Waals surface area contributed by atoms with Gasteiger partial charge in [-0.15, -0.1) is 0 Å². The van der Waals surface area contributed by atoms with Crippen molar-refractivity contribution in [2.75, 3.05) is 19.7 Å². The summed E-state index contributed by atoms with van der Waals surface area (Å²) in [6, 6.07) is 6.04. The Morgan fingerprint density at radius 2 is 2.18 bits per heavy atom. The van der Waals surface area contributed by atoms with E-state index in [1.54, 1.807) is 17.0 Å². The molecule has 0 saturated carbocycles. The van der Waals surface area contributed by atoms with Crippen molar-refractivity contribution in [2.45, 2.75) is 12.6 Å². The Labute approximate surface area is 129 Å². The van der Waals surface area contributed by atoms with Gasteiger partial charge in [0.2, 0.25) is 5.91 Å². The van der Waals surface area contributed by atoms with Crippen LogP contribution < -0.4 is 4.87 Å². The molecule has 1 aromatic carbocycles. The van der Waals surface area contributed by atoms with Gasteiger partial charge >= 0.3 is 4.87 Å². The number of benzene rings is 1. The van der Waals surface area contributed by atoms with Gasteiger partial charge in [0.15, 0.2) is 0 Å². The zero-order valence-corrected chi connectivity index (χ0v) is 12.5. The number of carbonyl (C=O) groups excluding carboxylic acids is 1. The summed E-state index contributed by atoms with van der Waals surface area (Å²) in [6.45, 7) is 1.18. The maximum atomic E-state index is 13.0. The standard InChI is InChI=1S/C14H14FN3O3S/c15-11-3-1-10(2-4-11)12-7-17(5-6-21-12)13(19)8-18-14(20)22-9-16-18/h1-4,9,12H,5-8H2. The average molecular weight is 323 g/mol. The molecule has 1 saturated heterocycles. The quantitative estimate of drug-likeness (QED) is 0.847. The second kappa shape index (κ2) is 6.37. The van der Waals surface area contributed by atoms with Gasteiger partial charge in [0.05, 0.1) is 13.2 Å². The summed E-state index contributed by atoms with van der Waals surface area (Å²) in [5, 5.41) is 3.84. The fourth-order valence-corrected chi connectivity index (χ4v) is 2.81. The third-order valence-electron chi connectivity index (χ3n) is 3.50. The second-order valence-electron chi connectivity index (χ2n) is 4.91. The molecule has 22 heavy (non-hydrogen) atoms. The molecule has 3 rings (SSSR count). The van der Waals surface area contributed by atoms with E-state index < -0.39 is 0 Å². The summed E-state index contributed by atoms with van der Waals surface area (Å²) in [5.74, 6) is -0.487. The van der Waals surface area contributed by atoms with E-state index >= 15 is 0 Å². The van der Waals surface area contributed by atoms with E-state index in [0.29, 0.717) is 19.7 Å². The van der Waals surface area contributed by atoms with Crippen LogP contribution in [0.25, 0.3) is 0 Å². The van der Waals surface area contributed by atoms with Gasteiger partial charge in [0.25, 0.3) is 0 Å². The molecule has 2 heterocycles. The molecular formula is C14H14FN3O3S. The molecule has 8 heteroatoms. The van der Waals surface area contributed by atoms with Crippen LogP contribution in [0.5, 0.6) is 0 Å². The number of carbonyl (C=O) groups is 1. The summed E-state index contributed by atoms with van der Waals surface area (Å²) >= 11 is 0.957. The number of halogens is 1. The van der Waals surface area contributed by atoms with Gasteiger partial charge in [0.1, 0.15) is 24.0 Å². The first-order valence-electron chi connectivity index (χ1n) is 6.79. The minimum Gasteiger partial charge on any atom is -0.370 e. The van der Waals surface area contributed by atoms with Gasteiger partial charge in [0, 0.05) is 6.54 Å². The van der Waals surface area contributed by atoms with Crippen molar-refractivity contribution in [1.82, 2.24) is 14.7 Å². The molecule has 1 atom stereocenters. The van der Waals surface area contributed by atoms with E-state index in [-0.39, 0.29) is 29.2 Å². The smallest absolute Gasteiger partial charge is 0.325 e. The van der Waals surface area contributed by atoms with Crippen molar-refractivity contribution >= 4 is 17.2 Å². The van der Waals surface area contributed by atoms with E-state index in [2.05, 4.69) is 5.10 Å². The van der Waals surface area contributed by atoms with E-state index in [4.69, 9.17) is 4.74 Å². The first-order chi connectivity index (χ1) is 10.6. The molecule has 1 aliphatic heterocycles. The lowest BCUT2D eigenvalue weighted by atomic mass is 10.1. The first kappa shape index (κ1) is 14.9. The zero-order chi connectivity index (χ0) is 15.5. The second-order valence-corrected chi connectivity index (χ2v) is 5.71. The number of aromatic nitrogens is 2. The monoisotopic (exact) mass is 323 g/mol. The fraction of sp³-hybridized carbons (Fsp3) is 0.357. The molecule has 0 spiro atoms. The van der Waals surface area contributed by atoms with Crippen LogP contribution in [0.1, 0.15) is 11.7 Å². The van der Waals surface area contributed by atoms with Crippen molar-refractivity contribution in [3.8, 4) is 0 Å². The number of hydrogen-bond donors (Lipinski definition) is 0. The summed E-state index contributed by atoms with van der Waals surface area (Å²) in [5.41, 5.74) is 2.24. The number of nitrogens with zero attached hydrogens (tertiary/aromatic N) is 3. The van der Waals surface area contributed by atoms with Crippen LogP contribution >= 0.6 is 11.3 Å². The van der Waals surface area contributed by atoms with E-state index in [1.807, 2.05) is 0 Å². The Morgan fingerprint density at radius 1 is 1.41 bits per heavy atom. The molecule has 1 unspecified atom stereocenters. The minimum absolute atomic E-state index is 0.0710. The Bertz CT molecular complexity index is 713. The molecule has 0 N–H and O–H groups in total. The number of hydrogen-bond acceptors (Lipinski definition) is 5. The molecule has 0 aliphatic carbocycles. The van der Waals surface area contributed by atoms with Gasteiger partial charge < -0.3 is 9.64 Å². The zero-order valence-electron chi connectivity index (χ0n) is 11.6. The van der Waals surface area contributed by atoms with Crippen molar-refractivity contribution in [3.05, 3.63) is 50.8 Å². The molecular weight excluding hydrogens is 309 g/mol. The molecule has 1 fully saturated rings. The highest BCUT2D eigenvalue weighted by atomic mass is 32.1. The number of ether oxygens (including phenoxy) is 1. The Kier molecular flexibility index (Phi) is 4.30. The van der Waals surface area contributed by atoms with Crippen molar-refractivity contribution in [2.24, 2.45) is 0 Å². The van der Waals surface area contributed by atoms with E-state index in [1.165, 1.54) is 17.6 Å². The minimum atomic E-state index is -0.310. The summed E-state index contributed by atoms with van der Waals surface area (Å²) in [6.07, 6.45) is -0.287. The number of amides is 1. The van der Waals surface area contributed by atoms with E-state index in [0.717, 1.165) is 21.6 Å². The predicted molar refractivity (Wildman–Crippen MR) is 78.0 cm³/mol. The molecule has 2 aromatic rings. The van der Waals surface area contributed by atoms with Crippen molar-refractivity contribution in [1.29, 1.82) is 0 Å². The van der Waals surface area contributed by atoms with Crippen molar-refractivity contribution < 1.29 is 13.9 Å². The fourth-order valence-electron chi connectivity index (χ4n) is 2.32. The van der Waals surface area contributed by atoms with Crippen LogP contribution in [0.2, 0.25) is 0 Å². The number of rotatable bonds is 3. The third kappa shape index (κ3) is 3.23. The first-order valence-corrected chi connectivity index (χ1v) is 7.67. The maximum absolute atomic E-state index is 13.0. The largest absolute Gasteiger partial charge is 0.370 e. The Morgan fingerprint density at radius 3 is 2.86 bits per heavy atom. The lowest BCUT2D eigenvalue weighted by molar-refractivity contribution is -0.139. The van der Waals surface area contributed by atoms with Crippen LogP contribution in [0.4, 0.5) is 4.39 Å². The van der Waals surface area contributed by atoms with Crippen LogP contribution in [0.3, 0.4) is 0 Å². The highest BCUT2D eigenvalue weighted by molar-refractivity contribution is 7.06. The summed E-state index contributed by atoms with van der Waals surface area (Å²) in [4.78, 5) is 25.1. The van der Waals surface area contributed by atoms with Crippen LogP contribution in [0, 0.1) is 5.82 Å². The summed E-state index contributed by atoms with van der Waals surface area (Å²) < 4.78 is 19.8. The maximum Gasteiger partial charge on any atom is 0.325 e. The lowest BCUT2D eigenvalue weighted by Crippen LogP contribution is -2.44. The van der Waals surface area contributed by atoms with Gasteiger partial charge in [-0.2, -0.15) is 5.10 Å². The van der Waals surface area contributed by atoms with Gasteiger partial charge in [-0.25, -0.2) is 9.07 Å². The molecule has 6 nitrogen and oxygen atoms in total. The van der Waals surface area contributed by atoms with Crippen LogP contribution in [-0.4, -0.2) is 40.3 Å². The SMILES string of the molecule is O=C(Cn1ncsc1=O)N1CCOC(c2ccc(F)cc2)C1. The van der Waals surface area contributed by atoms with Crippen molar-refractivity contribution in [3.63, 3.8) is 0 Å².